The van der Waals surface area contributed by atoms with E-state index in [1.165, 1.54) is 5.56 Å². The van der Waals surface area contributed by atoms with Crippen LogP contribution in [-0.2, 0) is 10.5 Å². The lowest BCUT2D eigenvalue weighted by molar-refractivity contribution is 0.0702. The van der Waals surface area contributed by atoms with Gasteiger partial charge in [-0.3, -0.25) is 0 Å². The molecule has 0 saturated carbocycles. The van der Waals surface area contributed by atoms with Crippen LogP contribution in [0.15, 0.2) is 24.3 Å². The molecule has 92 valence electrons. The molecule has 2 rings (SSSR count). The Balaban J connectivity index is 1.83. The SMILES string of the molecule is S=C(SCc1cccc(Cl)c1)N1CCOCC1. The number of morpholine rings is 1. The first-order valence-corrected chi connectivity index (χ1v) is 7.27. The van der Waals surface area contributed by atoms with E-state index in [1.807, 2.05) is 18.2 Å². The number of rotatable bonds is 2. The predicted octanol–water partition coefficient (Wildman–Crippen LogP) is 3.19. The van der Waals surface area contributed by atoms with Crippen LogP contribution < -0.4 is 0 Å². The predicted molar refractivity (Wildman–Crippen MR) is 77.7 cm³/mol. The highest BCUT2D eigenvalue weighted by atomic mass is 35.5. The zero-order chi connectivity index (χ0) is 12.1. The maximum Gasteiger partial charge on any atom is 0.136 e. The highest BCUT2D eigenvalue weighted by Crippen LogP contribution is 2.19. The van der Waals surface area contributed by atoms with Crippen LogP contribution in [0, 0.1) is 0 Å². The summed E-state index contributed by atoms with van der Waals surface area (Å²) in [7, 11) is 0. The second kappa shape index (κ2) is 6.59. The lowest BCUT2D eigenvalue weighted by atomic mass is 10.2. The molecule has 17 heavy (non-hydrogen) atoms. The van der Waals surface area contributed by atoms with Gasteiger partial charge in [0.05, 0.1) is 13.2 Å². The number of halogens is 1. The summed E-state index contributed by atoms with van der Waals surface area (Å²) in [6.07, 6.45) is 0. The standard InChI is InChI=1S/C12H14ClNOS2/c13-11-3-1-2-10(8-11)9-17-12(16)14-4-6-15-7-5-14/h1-3,8H,4-7,9H2. The van der Waals surface area contributed by atoms with Gasteiger partial charge in [0.2, 0.25) is 0 Å². The first-order chi connectivity index (χ1) is 8.25. The fourth-order valence-electron chi connectivity index (χ4n) is 1.61. The molecule has 0 spiro atoms. The summed E-state index contributed by atoms with van der Waals surface area (Å²) < 4.78 is 6.25. The minimum absolute atomic E-state index is 0.776. The number of thioether (sulfide) groups is 1. The van der Waals surface area contributed by atoms with Crippen molar-refractivity contribution in [1.82, 2.24) is 4.90 Å². The molecule has 1 aliphatic heterocycles. The van der Waals surface area contributed by atoms with Gasteiger partial charge in [-0.25, -0.2) is 0 Å². The van der Waals surface area contributed by atoms with E-state index in [4.69, 9.17) is 28.6 Å². The Morgan fingerprint density at radius 1 is 1.41 bits per heavy atom. The van der Waals surface area contributed by atoms with Crippen molar-refractivity contribution >= 4 is 39.9 Å². The van der Waals surface area contributed by atoms with Crippen LogP contribution in [0.5, 0.6) is 0 Å². The molecule has 1 heterocycles. The van der Waals surface area contributed by atoms with E-state index < -0.39 is 0 Å². The molecule has 2 nitrogen and oxygen atoms in total. The van der Waals surface area contributed by atoms with E-state index in [2.05, 4.69) is 11.0 Å². The van der Waals surface area contributed by atoms with E-state index in [0.717, 1.165) is 41.4 Å². The van der Waals surface area contributed by atoms with Gasteiger partial charge in [-0.2, -0.15) is 0 Å². The van der Waals surface area contributed by atoms with Crippen LogP contribution in [0.4, 0.5) is 0 Å². The first kappa shape index (κ1) is 13.1. The molecule has 0 unspecified atom stereocenters. The summed E-state index contributed by atoms with van der Waals surface area (Å²) in [6, 6.07) is 7.91. The summed E-state index contributed by atoms with van der Waals surface area (Å²) >= 11 is 13.0. The second-order valence-electron chi connectivity index (χ2n) is 3.78. The van der Waals surface area contributed by atoms with E-state index in [9.17, 15) is 0 Å². The fraction of sp³-hybridized carbons (Fsp3) is 0.417. The van der Waals surface area contributed by atoms with Crippen LogP contribution in [0.25, 0.3) is 0 Å². The Morgan fingerprint density at radius 2 is 2.18 bits per heavy atom. The van der Waals surface area contributed by atoms with E-state index in [-0.39, 0.29) is 0 Å². The van der Waals surface area contributed by atoms with Crippen molar-refractivity contribution in [2.24, 2.45) is 0 Å². The number of hydrogen-bond donors (Lipinski definition) is 0. The summed E-state index contributed by atoms with van der Waals surface area (Å²) in [5, 5.41) is 0.778. The Labute approximate surface area is 116 Å². The Bertz CT molecular complexity index is 394. The number of thiocarbonyl (C=S) groups is 1. The minimum Gasteiger partial charge on any atom is -0.378 e. The van der Waals surface area contributed by atoms with E-state index >= 15 is 0 Å². The van der Waals surface area contributed by atoms with Gasteiger partial charge in [-0.1, -0.05) is 47.7 Å². The molecule has 0 bridgehead atoms. The quantitative estimate of drug-likeness (QED) is 0.774. The average molecular weight is 288 g/mol. The van der Waals surface area contributed by atoms with Crippen LogP contribution in [-0.4, -0.2) is 35.5 Å². The molecule has 1 saturated heterocycles. The Hall–Kier alpha value is -0.290. The van der Waals surface area contributed by atoms with Gasteiger partial charge in [0.15, 0.2) is 0 Å². The molecule has 0 amide bonds. The van der Waals surface area contributed by atoms with Gasteiger partial charge >= 0.3 is 0 Å². The normalized spacial score (nSPS) is 15.9. The monoisotopic (exact) mass is 287 g/mol. The lowest BCUT2D eigenvalue weighted by Gasteiger charge is -2.28. The number of ether oxygens (including phenoxy) is 1. The molecule has 1 aliphatic rings. The van der Waals surface area contributed by atoms with Gasteiger partial charge in [-0.15, -0.1) is 0 Å². The Kier molecular flexibility index (Phi) is 5.10. The molecule has 5 heteroatoms. The Morgan fingerprint density at radius 3 is 2.88 bits per heavy atom. The molecule has 0 aromatic heterocycles. The minimum atomic E-state index is 0.776. The maximum absolute atomic E-state index is 5.94. The number of hydrogen-bond acceptors (Lipinski definition) is 3. The largest absolute Gasteiger partial charge is 0.378 e. The van der Waals surface area contributed by atoms with Gasteiger partial charge in [-0.05, 0) is 17.7 Å². The van der Waals surface area contributed by atoms with Crippen molar-refractivity contribution in [1.29, 1.82) is 0 Å². The van der Waals surface area contributed by atoms with Crippen molar-refractivity contribution < 1.29 is 4.74 Å². The van der Waals surface area contributed by atoms with Crippen molar-refractivity contribution in [3.05, 3.63) is 34.9 Å². The van der Waals surface area contributed by atoms with Crippen molar-refractivity contribution in [3.8, 4) is 0 Å². The molecule has 1 aromatic rings. The van der Waals surface area contributed by atoms with Crippen LogP contribution in [0.1, 0.15) is 5.56 Å². The highest BCUT2D eigenvalue weighted by molar-refractivity contribution is 8.22. The van der Waals surface area contributed by atoms with E-state index in [1.54, 1.807) is 11.8 Å². The molecular formula is C12H14ClNOS2. The molecule has 0 atom stereocenters. The average Bonchev–Trinajstić information content (AvgIpc) is 2.37. The molecule has 0 aliphatic carbocycles. The third-order valence-corrected chi connectivity index (χ3v) is 4.35. The highest BCUT2D eigenvalue weighted by Gasteiger charge is 2.13. The van der Waals surface area contributed by atoms with Crippen LogP contribution >= 0.6 is 35.6 Å². The van der Waals surface area contributed by atoms with Crippen molar-refractivity contribution in [2.75, 3.05) is 26.3 Å². The molecular weight excluding hydrogens is 274 g/mol. The lowest BCUT2D eigenvalue weighted by Crippen LogP contribution is -2.38. The number of nitrogens with zero attached hydrogens (tertiary/aromatic N) is 1. The number of benzene rings is 1. The third kappa shape index (κ3) is 4.14. The van der Waals surface area contributed by atoms with Gasteiger partial charge in [0.1, 0.15) is 4.32 Å². The van der Waals surface area contributed by atoms with Gasteiger partial charge in [0, 0.05) is 23.9 Å². The van der Waals surface area contributed by atoms with Crippen molar-refractivity contribution in [2.45, 2.75) is 5.75 Å². The topological polar surface area (TPSA) is 12.5 Å². The zero-order valence-electron chi connectivity index (χ0n) is 9.39. The first-order valence-electron chi connectivity index (χ1n) is 5.49. The molecule has 1 fully saturated rings. The smallest absolute Gasteiger partial charge is 0.136 e. The molecule has 1 aromatic carbocycles. The second-order valence-corrected chi connectivity index (χ2v) is 5.83. The van der Waals surface area contributed by atoms with Crippen molar-refractivity contribution in [3.63, 3.8) is 0 Å². The van der Waals surface area contributed by atoms with Gasteiger partial charge in [0.25, 0.3) is 0 Å². The van der Waals surface area contributed by atoms with E-state index in [0.29, 0.717) is 0 Å². The third-order valence-electron chi connectivity index (χ3n) is 2.52. The maximum atomic E-state index is 5.94. The van der Waals surface area contributed by atoms with Crippen LogP contribution in [0.3, 0.4) is 0 Å². The zero-order valence-corrected chi connectivity index (χ0v) is 11.8. The van der Waals surface area contributed by atoms with Gasteiger partial charge < -0.3 is 9.64 Å². The molecule has 0 N–H and O–H groups in total. The summed E-state index contributed by atoms with van der Waals surface area (Å²) in [4.78, 5) is 2.20. The molecule has 0 radical (unpaired) electrons. The van der Waals surface area contributed by atoms with Crippen LogP contribution in [0.2, 0.25) is 5.02 Å². The summed E-state index contributed by atoms with van der Waals surface area (Å²) in [5.74, 6) is 0.872. The summed E-state index contributed by atoms with van der Waals surface area (Å²) in [5.41, 5.74) is 1.21. The summed E-state index contributed by atoms with van der Waals surface area (Å²) in [6.45, 7) is 3.36. The fourth-order valence-corrected chi connectivity index (χ4v) is 3.02.